The third-order valence-corrected chi connectivity index (χ3v) is 2.01. The van der Waals surface area contributed by atoms with E-state index in [4.69, 9.17) is 0 Å². The van der Waals surface area contributed by atoms with Gasteiger partial charge in [0.2, 0.25) is 0 Å². The van der Waals surface area contributed by atoms with E-state index in [9.17, 15) is 9.59 Å². The van der Waals surface area contributed by atoms with Gasteiger partial charge in [0.25, 0.3) is 0 Å². The molecule has 1 saturated carbocycles. The van der Waals surface area contributed by atoms with Gasteiger partial charge in [-0.2, -0.15) is 0 Å². The van der Waals surface area contributed by atoms with Crippen molar-refractivity contribution in [2.75, 3.05) is 7.11 Å². The van der Waals surface area contributed by atoms with E-state index in [1.165, 1.54) is 7.11 Å². The van der Waals surface area contributed by atoms with Gasteiger partial charge in [-0.25, -0.2) is 0 Å². The predicted molar refractivity (Wildman–Crippen MR) is 34.3 cm³/mol. The van der Waals surface area contributed by atoms with Crippen LogP contribution in [0, 0.1) is 11.8 Å². The molecule has 1 rings (SSSR count). The Kier molecular flexibility index (Phi) is 2.04. The molecule has 0 radical (unpaired) electrons. The lowest BCUT2D eigenvalue weighted by molar-refractivity contribution is -0.153. The molecule has 1 aliphatic carbocycles. The normalized spacial score (nSPS) is 30.5. The van der Waals surface area contributed by atoms with Gasteiger partial charge < -0.3 is 9.53 Å². The van der Waals surface area contributed by atoms with Crippen molar-refractivity contribution in [1.82, 2.24) is 0 Å². The highest BCUT2D eigenvalue weighted by Crippen LogP contribution is 2.33. The van der Waals surface area contributed by atoms with Crippen LogP contribution in [0.4, 0.5) is 0 Å². The highest BCUT2D eigenvalue weighted by molar-refractivity contribution is 5.78. The maximum atomic E-state index is 10.8. The van der Waals surface area contributed by atoms with E-state index in [0.717, 1.165) is 19.1 Å². The first-order valence-electron chi connectivity index (χ1n) is 3.32. The minimum Gasteiger partial charge on any atom is -0.469 e. The molecule has 0 saturated heterocycles. The molecule has 0 aromatic carbocycles. The zero-order valence-electron chi connectivity index (χ0n) is 5.87. The van der Waals surface area contributed by atoms with Crippen LogP contribution in [0.3, 0.4) is 0 Å². The summed E-state index contributed by atoms with van der Waals surface area (Å²) in [4.78, 5) is 21.0. The van der Waals surface area contributed by atoms with Crippen molar-refractivity contribution in [3.63, 3.8) is 0 Å². The number of rotatable bonds is 2. The highest BCUT2D eigenvalue weighted by atomic mass is 16.5. The second-order valence-corrected chi connectivity index (χ2v) is 2.51. The van der Waals surface area contributed by atoms with Gasteiger partial charge in [-0.1, -0.05) is 0 Å². The Morgan fingerprint density at radius 2 is 2.30 bits per heavy atom. The van der Waals surface area contributed by atoms with Gasteiger partial charge in [0.1, 0.15) is 6.29 Å². The molecular weight excluding hydrogens is 132 g/mol. The summed E-state index contributed by atoms with van der Waals surface area (Å²) in [5.41, 5.74) is 0. The van der Waals surface area contributed by atoms with E-state index >= 15 is 0 Å². The Morgan fingerprint density at radius 1 is 1.60 bits per heavy atom. The highest BCUT2D eigenvalue weighted by Gasteiger charge is 2.36. The van der Waals surface area contributed by atoms with Crippen LogP contribution in [0.2, 0.25) is 0 Å². The van der Waals surface area contributed by atoms with Crippen LogP contribution < -0.4 is 0 Å². The molecule has 0 aromatic heterocycles. The van der Waals surface area contributed by atoms with Crippen LogP contribution in [0.1, 0.15) is 12.8 Å². The van der Waals surface area contributed by atoms with Crippen molar-refractivity contribution in [2.24, 2.45) is 11.8 Å². The first-order valence-corrected chi connectivity index (χ1v) is 3.32. The van der Waals surface area contributed by atoms with Crippen molar-refractivity contribution in [3.8, 4) is 0 Å². The molecule has 0 aromatic rings. The average Bonchev–Trinajstić information content (AvgIpc) is 1.86. The van der Waals surface area contributed by atoms with Crippen LogP contribution in [0.15, 0.2) is 0 Å². The first kappa shape index (κ1) is 7.25. The minimum atomic E-state index is -0.247. The monoisotopic (exact) mass is 142 g/mol. The molecule has 3 nitrogen and oxygen atoms in total. The average molecular weight is 142 g/mol. The van der Waals surface area contributed by atoms with E-state index in [-0.39, 0.29) is 17.8 Å². The number of aldehydes is 1. The summed E-state index contributed by atoms with van der Waals surface area (Å²) in [6.07, 6.45) is 2.48. The van der Waals surface area contributed by atoms with Gasteiger partial charge in [-0.3, -0.25) is 4.79 Å². The molecule has 56 valence electrons. The van der Waals surface area contributed by atoms with Crippen LogP contribution in [0.25, 0.3) is 0 Å². The summed E-state index contributed by atoms with van der Waals surface area (Å²) < 4.78 is 4.49. The van der Waals surface area contributed by atoms with Crippen LogP contribution in [-0.4, -0.2) is 19.4 Å². The number of esters is 1. The fourth-order valence-corrected chi connectivity index (χ4v) is 1.13. The number of hydrogen-bond donors (Lipinski definition) is 0. The summed E-state index contributed by atoms with van der Waals surface area (Å²) in [6, 6.07) is 0. The SMILES string of the molecule is COC(=O)[C@H]1CC[C@@H]1C=O. The van der Waals surface area contributed by atoms with Crippen molar-refractivity contribution in [1.29, 1.82) is 0 Å². The molecular formula is C7H10O3. The number of ether oxygens (including phenoxy) is 1. The Balaban J connectivity index is 2.42. The van der Waals surface area contributed by atoms with Crippen molar-refractivity contribution < 1.29 is 14.3 Å². The lowest BCUT2D eigenvalue weighted by Crippen LogP contribution is -2.34. The maximum Gasteiger partial charge on any atom is 0.309 e. The largest absolute Gasteiger partial charge is 0.469 e. The maximum absolute atomic E-state index is 10.8. The Morgan fingerprint density at radius 3 is 2.60 bits per heavy atom. The molecule has 0 heterocycles. The second-order valence-electron chi connectivity index (χ2n) is 2.51. The van der Waals surface area contributed by atoms with Crippen molar-refractivity contribution in [2.45, 2.75) is 12.8 Å². The Labute approximate surface area is 59.4 Å². The molecule has 3 heteroatoms. The van der Waals surface area contributed by atoms with Gasteiger partial charge in [0, 0.05) is 5.92 Å². The molecule has 2 atom stereocenters. The Bertz CT molecular complexity index is 153. The zero-order valence-corrected chi connectivity index (χ0v) is 5.87. The topological polar surface area (TPSA) is 43.4 Å². The molecule has 0 amide bonds. The fourth-order valence-electron chi connectivity index (χ4n) is 1.13. The lowest BCUT2D eigenvalue weighted by Gasteiger charge is -2.29. The molecule has 0 unspecified atom stereocenters. The molecule has 0 bridgehead atoms. The quantitative estimate of drug-likeness (QED) is 0.413. The zero-order chi connectivity index (χ0) is 7.56. The summed E-state index contributed by atoms with van der Waals surface area (Å²) in [5, 5.41) is 0. The molecule has 0 spiro atoms. The van der Waals surface area contributed by atoms with E-state index in [1.54, 1.807) is 0 Å². The Hall–Kier alpha value is -0.860. The minimum absolute atomic E-state index is 0.0764. The molecule has 0 aliphatic heterocycles. The second kappa shape index (κ2) is 2.82. The molecule has 0 N–H and O–H groups in total. The van der Waals surface area contributed by atoms with E-state index in [2.05, 4.69) is 4.74 Å². The summed E-state index contributed by atoms with van der Waals surface area (Å²) in [6.45, 7) is 0. The predicted octanol–water partition coefficient (Wildman–Crippen LogP) is 0.384. The van der Waals surface area contributed by atoms with E-state index < -0.39 is 0 Å². The van der Waals surface area contributed by atoms with Crippen LogP contribution in [0.5, 0.6) is 0 Å². The summed E-state index contributed by atoms with van der Waals surface area (Å²) in [5.74, 6) is -0.474. The number of carbonyl (C=O) groups is 2. The number of carbonyl (C=O) groups excluding carboxylic acids is 2. The fraction of sp³-hybridized carbons (Fsp3) is 0.714. The van der Waals surface area contributed by atoms with Gasteiger partial charge in [0.15, 0.2) is 0 Å². The van der Waals surface area contributed by atoms with Crippen molar-refractivity contribution in [3.05, 3.63) is 0 Å². The first-order chi connectivity index (χ1) is 4.79. The van der Waals surface area contributed by atoms with E-state index in [0.29, 0.717) is 0 Å². The van der Waals surface area contributed by atoms with E-state index in [1.807, 2.05) is 0 Å². The number of hydrogen-bond acceptors (Lipinski definition) is 3. The van der Waals surface area contributed by atoms with Gasteiger partial charge in [-0.15, -0.1) is 0 Å². The van der Waals surface area contributed by atoms with Gasteiger partial charge >= 0.3 is 5.97 Å². The molecule has 1 aliphatic rings. The molecule has 1 fully saturated rings. The third-order valence-electron chi connectivity index (χ3n) is 2.01. The van der Waals surface area contributed by atoms with Crippen molar-refractivity contribution >= 4 is 12.3 Å². The van der Waals surface area contributed by atoms with Gasteiger partial charge in [-0.05, 0) is 12.8 Å². The van der Waals surface area contributed by atoms with Gasteiger partial charge in [0.05, 0.1) is 13.0 Å². The number of methoxy groups -OCH3 is 1. The van der Waals surface area contributed by atoms with Crippen LogP contribution >= 0.6 is 0 Å². The van der Waals surface area contributed by atoms with Crippen LogP contribution in [-0.2, 0) is 14.3 Å². The summed E-state index contributed by atoms with van der Waals surface area (Å²) in [7, 11) is 1.35. The smallest absolute Gasteiger partial charge is 0.309 e. The molecule has 10 heavy (non-hydrogen) atoms. The standard InChI is InChI=1S/C7H10O3/c1-10-7(9)6-3-2-5(6)4-8/h4-6H,2-3H2,1H3/t5-,6+/m1/s1. The lowest BCUT2D eigenvalue weighted by atomic mass is 9.75. The third kappa shape index (κ3) is 1.03. The summed E-state index contributed by atoms with van der Waals surface area (Å²) >= 11 is 0.